The summed E-state index contributed by atoms with van der Waals surface area (Å²) in [6, 6.07) is 8.63. The number of hydrogen-bond acceptors (Lipinski definition) is 3. The molecule has 1 aromatic heterocycles. The van der Waals surface area contributed by atoms with E-state index in [1.807, 2.05) is 0 Å². The molecule has 5 nitrogen and oxygen atoms in total. The van der Waals surface area contributed by atoms with Crippen molar-refractivity contribution in [1.29, 1.82) is 0 Å². The van der Waals surface area contributed by atoms with E-state index in [0.29, 0.717) is 30.2 Å². The van der Waals surface area contributed by atoms with Gasteiger partial charge in [0.25, 0.3) is 5.91 Å². The van der Waals surface area contributed by atoms with Gasteiger partial charge in [0.2, 0.25) is 0 Å². The van der Waals surface area contributed by atoms with Gasteiger partial charge in [0.05, 0.1) is 23.8 Å². The number of aromatic nitrogens is 2. The molecular formula is C26H25F4N3O2. The van der Waals surface area contributed by atoms with Crippen LogP contribution in [0.5, 0.6) is 5.75 Å². The molecule has 0 bridgehead atoms. The number of ether oxygens (including phenoxy) is 1. The molecule has 0 radical (unpaired) electrons. The van der Waals surface area contributed by atoms with Crippen molar-refractivity contribution in [3.05, 3.63) is 83.6 Å². The lowest BCUT2D eigenvalue weighted by molar-refractivity contribution is -0.144. The Kier molecular flexibility index (Phi) is 6.69. The zero-order valence-corrected chi connectivity index (χ0v) is 19.4. The van der Waals surface area contributed by atoms with Crippen molar-refractivity contribution in [3.8, 4) is 5.75 Å². The van der Waals surface area contributed by atoms with Crippen molar-refractivity contribution in [2.24, 2.45) is 0 Å². The fraction of sp³-hybridized carbons (Fsp3) is 0.308. The number of halogens is 4. The summed E-state index contributed by atoms with van der Waals surface area (Å²) in [6.07, 6.45) is 5.81. The monoisotopic (exact) mass is 487 g/mol. The Morgan fingerprint density at radius 1 is 1.23 bits per heavy atom. The summed E-state index contributed by atoms with van der Waals surface area (Å²) in [5.41, 5.74) is 1.61. The molecule has 1 amide bonds. The number of nitrogens with zero attached hydrogens (tertiary/aromatic N) is 2. The van der Waals surface area contributed by atoms with Gasteiger partial charge in [-0.05, 0) is 67.8 Å². The Morgan fingerprint density at radius 2 is 2.00 bits per heavy atom. The second kappa shape index (κ2) is 9.56. The topological polar surface area (TPSA) is 56.1 Å². The number of carbonyl (C=O) groups is 1. The first-order chi connectivity index (χ1) is 16.5. The third-order valence-electron chi connectivity index (χ3n) is 5.91. The zero-order chi connectivity index (χ0) is 25.3. The van der Waals surface area contributed by atoms with E-state index in [9.17, 15) is 22.4 Å². The number of carbonyl (C=O) groups excluding carboxylic acids is 1. The number of alkyl halides is 2. The highest BCUT2D eigenvalue weighted by atomic mass is 19.3. The van der Waals surface area contributed by atoms with E-state index < -0.39 is 29.8 Å². The molecule has 4 rings (SSSR count). The minimum atomic E-state index is -3.57. The standard InChI is InChI=1S/C26H25F4N3O2/c1-15-4-5-17(13-22(15)28)24(16(2)32-25(34)26(3,29)30)35-21-10-11-23-18(12-21)14-31-33(23)20-8-6-19(27)7-9-20/h4-8,10-14,16,20,24H,9H2,1-3H3,(H,32,34)/t16-,20?,24-/m0/s1. The summed E-state index contributed by atoms with van der Waals surface area (Å²) in [6.45, 7) is 3.63. The van der Waals surface area contributed by atoms with E-state index in [2.05, 4.69) is 10.4 Å². The Morgan fingerprint density at radius 3 is 2.66 bits per heavy atom. The molecule has 1 aliphatic carbocycles. The molecule has 1 aliphatic rings. The highest BCUT2D eigenvalue weighted by Gasteiger charge is 2.35. The van der Waals surface area contributed by atoms with Crippen LogP contribution in [0.2, 0.25) is 0 Å². The van der Waals surface area contributed by atoms with E-state index in [0.717, 1.165) is 10.9 Å². The first kappa shape index (κ1) is 24.5. The Labute approximate surface area is 200 Å². The van der Waals surface area contributed by atoms with Gasteiger partial charge in [-0.1, -0.05) is 18.2 Å². The maximum atomic E-state index is 14.3. The molecule has 1 heterocycles. The first-order valence-electron chi connectivity index (χ1n) is 11.2. The second-order valence-corrected chi connectivity index (χ2v) is 8.76. The summed E-state index contributed by atoms with van der Waals surface area (Å²) >= 11 is 0. The number of amides is 1. The van der Waals surface area contributed by atoms with E-state index in [-0.39, 0.29) is 11.9 Å². The normalized spacial score (nSPS) is 17.7. The molecule has 0 saturated carbocycles. The van der Waals surface area contributed by atoms with Crippen molar-refractivity contribution in [2.45, 2.75) is 51.3 Å². The van der Waals surface area contributed by atoms with Crippen LogP contribution in [-0.2, 0) is 4.79 Å². The van der Waals surface area contributed by atoms with E-state index in [1.165, 1.54) is 25.1 Å². The van der Waals surface area contributed by atoms with E-state index in [4.69, 9.17) is 4.74 Å². The first-order valence-corrected chi connectivity index (χ1v) is 11.2. The fourth-order valence-electron chi connectivity index (χ4n) is 3.93. The highest BCUT2D eigenvalue weighted by Crippen LogP contribution is 2.31. The molecule has 9 heteroatoms. The molecule has 184 valence electrons. The molecule has 35 heavy (non-hydrogen) atoms. The maximum absolute atomic E-state index is 14.3. The van der Waals surface area contributed by atoms with Crippen molar-refractivity contribution < 1.29 is 27.1 Å². The summed E-state index contributed by atoms with van der Waals surface area (Å²) < 4.78 is 62.5. The largest absolute Gasteiger partial charge is 0.484 e. The SMILES string of the molecule is Cc1ccc([C@@H](Oc2ccc3c(cnn3C3C=CC(F)=CC3)c2)[C@H](C)NC(=O)C(C)(F)F)cc1F. The molecule has 2 aromatic carbocycles. The Balaban J connectivity index is 1.63. The van der Waals surface area contributed by atoms with Crippen LogP contribution in [0.3, 0.4) is 0 Å². The number of hydrogen-bond donors (Lipinski definition) is 1. The molecule has 3 aromatic rings. The van der Waals surface area contributed by atoms with Crippen molar-refractivity contribution >= 4 is 16.8 Å². The number of fused-ring (bicyclic) bond motifs is 1. The van der Waals surface area contributed by atoms with Crippen LogP contribution in [0.15, 0.2) is 66.6 Å². The molecule has 1 N–H and O–H groups in total. The summed E-state index contributed by atoms with van der Waals surface area (Å²) in [5.74, 6) is -5.39. The Hall–Kier alpha value is -3.62. The predicted molar refractivity (Wildman–Crippen MR) is 124 cm³/mol. The lowest BCUT2D eigenvalue weighted by atomic mass is 10.0. The lowest BCUT2D eigenvalue weighted by Gasteiger charge is -2.27. The van der Waals surface area contributed by atoms with Gasteiger partial charge in [-0.3, -0.25) is 9.48 Å². The molecular weight excluding hydrogens is 462 g/mol. The third-order valence-corrected chi connectivity index (χ3v) is 5.91. The predicted octanol–water partition coefficient (Wildman–Crippen LogP) is 6.12. The van der Waals surface area contributed by atoms with Crippen LogP contribution in [0, 0.1) is 12.7 Å². The third kappa shape index (κ3) is 5.39. The van der Waals surface area contributed by atoms with Gasteiger partial charge in [0, 0.05) is 12.3 Å². The van der Waals surface area contributed by atoms with Gasteiger partial charge in [-0.15, -0.1) is 0 Å². The summed E-state index contributed by atoms with van der Waals surface area (Å²) in [7, 11) is 0. The number of benzene rings is 2. The van der Waals surface area contributed by atoms with Crippen molar-refractivity contribution in [3.63, 3.8) is 0 Å². The van der Waals surface area contributed by atoms with Crippen LogP contribution >= 0.6 is 0 Å². The minimum absolute atomic E-state index is 0.131. The second-order valence-electron chi connectivity index (χ2n) is 8.76. The van der Waals surface area contributed by atoms with Gasteiger partial charge in [-0.25, -0.2) is 8.78 Å². The van der Waals surface area contributed by atoms with Gasteiger partial charge in [0.1, 0.15) is 23.5 Å². The van der Waals surface area contributed by atoms with Crippen LogP contribution < -0.4 is 10.1 Å². The zero-order valence-electron chi connectivity index (χ0n) is 19.4. The van der Waals surface area contributed by atoms with Crippen LogP contribution in [0.1, 0.15) is 43.5 Å². The Bertz CT molecular complexity index is 1310. The van der Waals surface area contributed by atoms with Crippen molar-refractivity contribution in [1.82, 2.24) is 15.1 Å². The summed E-state index contributed by atoms with van der Waals surface area (Å²) in [4.78, 5) is 11.9. The summed E-state index contributed by atoms with van der Waals surface area (Å²) in [5, 5.41) is 7.42. The molecule has 0 spiro atoms. The highest BCUT2D eigenvalue weighted by molar-refractivity contribution is 5.83. The quantitative estimate of drug-likeness (QED) is 0.409. The van der Waals surface area contributed by atoms with Crippen LogP contribution in [0.4, 0.5) is 17.6 Å². The molecule has 0 fully saturated rings. The van der Waals surface area contributed by atoms with Crippen molar-refractivity contribution in [2.75, 3.05) is 0 Å². The molecule has 0 aliphatic heterocycles. The number of nitrogens with one attached hydrogen (secondary N) is 1. The maximum Gasteiger partial charge on any atom is 0.321 e. The fourth-order valence-corrected chi connectivity index (χ4v) is 3.93. The lowest BCUT2D eigenvalue weighted by Crippen LogP contribution is -2.46. The number of aryl methyl sites for hydroxylation is 1. The van der Waals surface area contributed by atoms with Gasteiger partial charge in [-0.2, -0.15) is 13.9 Å². The van der Waals surface area contributed by atoms with Gasteiger partial charge < -0.3 is 10.1 Å². The van der Waals surface area contributed by atoms with Gasteiger partial charge in [0.15, 0.2) is 0 Å². The van der Waals surface area contributed by atoms with Crippen LogP contribution in [-0.4, -0.2) is 27.7 Å². The molecule has 0 saturated heterocycles. The van der Waals surface area contributed by atoms with E-state index in [1.54, 1.807) is 54.2 Å². The smallest absolute Gasteiger partial charge is 0.321 e. The molecule has 3 atom stereocenters. The van der Waals surface area contributed by atoms with E-state index >= 15 is 0 Å². The van der Waals surface area contributed by atoms with Gasteiger partial charge >= 0.3 is 5.92 Å². The molecule has 1 unspecified atom stereocenters. The minimum Gasteiger partial charge on any atom is -0.484 e. The number of rotatable bonds is 7. The average Bonchev–Trinajstić information content (AvgIpc) is 3.22. The van der Waals surface area contributed by atoms with Crippen LogP contribution in [0.25, 0.3) is 10.9 Å². The number of allylic oxidation sites excluding steroid dienone is 4. The average molecular weight is 487 g/mol.